The molecule has 10 rings (SSSR count). The first kappa shape index (κ1) is 26.0. The predicted molar refractivity (Wildman–Crippen MR) is 200 cm³/mol. The number of fused-ring (bicyclic) bond motifs is 9. The van der Waals surface area contributed by atoms with Crippen LogP contribution in [-0.2, 0) is 5.41 Å². The molecule has 1 aliphatic rings. The van der Waals surface area contributed by atoms with Gasteiger partial charge in [0.2, 0.25) is 0 Å². The van der Waals surface area contributed by atoms with E-state index in [1.165, 1.54) is 97.0 Å². The van der Waals surface area contributed by atoms with Crippen LogP contribution in [0.25, 0.3) is 85.9 Å². The number of hydrogen-bond donors (Lipinski definition) is 0. The molecule has 0 N–H and O–H groups in total. The minimum atomic E-state index is -0.0902. The Balaban J connectivity index is 1.34. The number of benzene rings is 8. The molecule has 0 fully saturated rings. The summed E-state index contributed by atoms with van der Waals surface area (Å²) in [5.41, 5.74) is 10.8. The molecule has 0 unspecified atom stereocenters. The Morgan fingerprint density at radius 3 is 1.61 bits per heavy atom. The van der Waals surface area contributed by atoms with Gasteiger partial charge in [-0.2, -0.15) is 0 Å². The van der Waals surface area contributed by atoms with Gasteiger partial charge in [-0.15, -0.1) is 11.3 Å². The highest BCUT2D eigenvalue weighted by atomic mass is 32.1. The van der Waals surface area contributed by atoms with Gasteiger partial charge in [0.1, 0.15) is 0 Å². The molecule has 0 aliphatic heterocycles. The fourth-order valence-electron chi connectivity index (χ4n) is 8.33. The molecule has 9 aromatic rings. The molecule has 0 saturated carbocycles. The van der Waals surface area contributed by atoms with Gasteiger partial charge < -0.3 is 0 Å². The first-order valence-electron chi connectivity index (χ1n) is 16.1. The van der Waals surface area contributed by atoms with Crippen LogP contribution < -0.4 is 0 Å². The minimum Gasteiger partial charge on any atom is -0.135 e. The zero-order valence-corrected chi connectivity index (χ0v) is 26.6. The normalized spacial score (nSPS) is 13.6. The fourth-order valence-corrected chi connectivity index (χ4v) is 9.56. The Morgan fingerprint density at radius 1 is 0.391 bits per heavy atom. The van der Waals surface area contributed by atoms with Crippen LogP contribution in [0.4, 0.5) is 0 Å². The van der Waals surface area contributed by atoms with Crippen molar-refractivity contribution in [3.63, 3.8) is 0 Å². The molecule has 0 spiro atoms. The fraction of sp³-hybridized carbons (Fsp3) is 0.0667. The largest absolute Gasteiger partial charge is 0.135 e. The van der Waals surface area contributed by atoms with Gasteiger partial charge in [-0.3, -0.25) is 0 Å². The summed E-state index contributed by atoms with van der Waals surface area (Å²) in [6, 6.07) is 54.5. The average Bonchev–Trinajstić information content (AvgIpc) is 3.58. The predicted octanol–water partition coefficient (Wildman–Crippen LogP) is 13.2. The third kappa shape index (κ3) is 3.44. The quantitative estimate of drug-likeness (QED) is 0.173. The lowest BCUT2D eigenvalue weighted by atomic mass is 9.80. The van der Waals surface area contributed by atoms with Crippen molar-refractivity contribution in [3.05, 3.63) is 157 Å². The second kappa shape index (κ2) is 9.39. The molecule has 0 atom stereocenters. The van der Waals surface area contributed by atoms with Crippen LogP contribution >= 0.6 is 11.3 Å². The Kier molecular flexibility index (Phi) is 5.31. The molecule has 8 aromatic carbocycles. The maximum absolute atomic E-state index is 2.43. The third-order valence-electron chi connectivity index (χ3n) is 10.4. The standard InChI is InChI=1S/C45H30S/c1-45(2)38-23-12-21-35(43(38)37-25-27-13-3-4-14-28(27)26-39(37)45)41-30-16-5-7-18-32(30)42(33-19-8-6-17-31(33)41)36-22-11-20-34-29-15-9-10-24-40(29)46-44(34)36/h3-26H,1-2H3. The Morgan fingerprint density at radius 2 is 0.913 bits per heavy atom. The summed E-state index contributed by atoms with van der Waals surface area (Å²) in [5, 5.41) is 10.5. The summed E-state index contributed by atoms with van der Waals surface area (Å²) in [6.45, 7) is 4.78. The molecular weight excluding hydrogens is 573 g/mol. The SMILES string of the molecule is CC1(C)c2cc3ccccc3cc2-c2c(-c3c4ccccc4c(-c4cccc5c4sc4ccccc45)c4ccccc34)cccc21. The summed E-state index contributed by atoms with van der Waals surface area (Å²) in [7, 11) is 0. The molecule has 216 valence electrons. The number of rotatable bonds is 2. The minimum absolute atomic E-state index is 0.0902. The van der Waals surface area contributed by atoms with E-state index in [-0.39, 0.29) is 5.41 Å². The first-order chi connectivity index (χ1) is 22.6. The van der Waals surface area contributed by atoms with Gasteiger partial charge in [0, 0.05) is 31.2 Å². The van der Waals surface area contributed by atoms with Crippen molar-refractivity contribution in [2.45, 2.75) is 19.3 Å². The molecule has 46 heavy (non-hydrogen) atoms. The summed E-state index contributed by atoms with van der Waals surface area (Å²) in [5.74, 6) is 0. The highest BCUT2D eigenvalue weighted by Gasteiger charge is 2.37. The third-order valence-corrected chi connectivity index (χ3v) is 11.7. The molecule has 0 amide bonds. The van der Waals surface area contributed by atoms with Gasteiger partial charge in [0.15, 0.2) is 0 Å². The van der Waals surface area contributed by atoms with Crippen LogP contribution in [0.15, 0.2) is 146 Å². The van der Waals surface area contributed by atoms with E-state index in [2.05, 4.69) is 159 Å². The van der Waals surface area contributed by atoms with E-state index >= 15 is 0 Å². The van der Waals surface area contributed by atoms with Crippen molar-refractivity contribution in [1.29, 1.82) is 0 Å². The highest BCUT2D eigenvalue weighted by Crippen LogP contribution is 2.55. The first-order valence-corrected chi connectivity index (χ1v) is 16.9. The van der Waals surface area contributed by atoms with Crippen molar-refractivity contribution in [2.24, 2.45) is 0 Å². The molecule has 0 bridgehead atoms. The van der Waals surface area contributed by atoms with Crippen LogP contribution in [0.5, 0.6) is 0 Å². The van der Waals surface area contributed by atoms with Gasteiger partial charge in [-0.25, -0.2) is 0 Å². The number of hydrogen-bond acceptors (Lipinski definition) is 1. The monoisotopic (exact) mass is 602 g/mol. The second-order valence-electron chi connectivity index (χ2n) is 13.2. The lowest BCUT2D eigenvalue weighted by Crippen LogP contribution is -2.14. The van der Waals surface area contributed by atoms with Crippen LogP contribution in [0, 0.1) is 0 Å². The second-order valence-corrected chi connectivity index (χ2v) is 14.3. The van der Waals surface area contributed by atoms with Crippen LogP contribution in [0.2, 0.25) is 0 Å². The van der Waals surface area contributed by atoms with E-state index in [1.54, 1.807) is 0 Å². The smallest absolute Gasteiger partial charge is 0.0434 e. The van der Waals surface area contributed by atoms with Crippen molar-refractivity contribution in [3.8, 4) is 33.4 Å². The van der Waals surface area contributed by atoms with E-state index in [0.29, 0.717) is 0 Å². The highest BCUT2D eigenvalue weighted by molar-refractivity contribution is 7.26. The van der Waals surface area contributed by atoms with Crippen LogP contribution in [0.3, 0.4) is 0 Å². The molecule has 0 saturated heterocycles. The maximum Gasteiger partial charge on any atom is 0.0434 e. The molecular formula is C45H30S. The molecule has 1 heterocycles. The summed E-state index contributed by atoms with van der Waals surface area (Å²) in [4.78, 5) is 0. The van der Waals surface area contributed by atoms with Crippen molar-refractivity contribution in [1.82, 2.24) is 0 Å². The Labute approximate surface area is 272 Å². The van der Waals surface area contributed by atoms with E-state index in [9.17, 15) is 0 Å². The van der Waals surface area contributed by atoms with Gasteiger partial charge in [-0.1, -0.05) is 141 Å². The lowest BCUT2D eigenvalue weighted by Gasteiger charge is -2.23. The van der Waals surface area contributed by atoms with Crippen LogP contribution in [0.1, 0.15) is 25.0 Å². The van der Waals surface area contributed by atoms with Crippen LogP contribution in [-0.4, -0.2) is 0 Å². The average molecular weight is 603 g/mol. The van der Waals surface area contributed by atoms with E-state index < -0.39 is 0 Å². The Hall–Kier alpha value is -5.24. The topological polar surface area (TPSA) is 0 Å². The molecule has 1 aliphatic carbocycles. The lowest BCUT2D eigenvalue weighted by molar-refractivity contribution is 0.661. The van der Waals surface area contributed by atoms with Crippen molar-refractivity contribution in [2.75, 3.05) is 0 Å². The van der Waals surface area contributed by atoms with Crippen molar-refractivity contribution < 1.29 is 0 Å². The zero-order valence-electron chi connectivity index (χ0n) is 25.8. The zero-order chi connectivity index (χ0) is 30.6. The Bertz CT molecular complexity index is 2660. The van der Waals surface area contributed by atoms with E-state index in [4.69, 9.17) is 0 Å². The van der Waals surface area contributed by atoms with E-state index in [1.807, 2.05) is 11.3 Å². The summed E-state index contributed by atoms with van der Waals surface area (Å²) >= 11 is 1.91. The van der Waals surface area contributed by atoms with E-state index in [0.717, 1.165) is 0 Å². The number of thiophene rings is 1. The molecule has 1 aromatic heterocycles. The summed E-state index contributed by atoms with van der Waals surface area (Å²) < 4.78 is 2.69. The van der Waals surface area contributed by atoms with Gasteiger partial charge in [-0.05, 0) is 89.5 Å². The molecule has 0 radical (unpaired) electrons. The van der Waals surface area contributed by atoms with Gasteiger partial charge >= 0.3 is 0 Å². The molecule has 1 heteroatoms. The molecule has 0 nitrogen and oxygen atoms in total. The van der Waals surface area contributed by atoms with Gasteiger partial charge in [0.25, 0.3) is 0 Å². The van der Waals surface area contributed by atoms with Crippen molar-refractivity contribution >= 4 is 63.8 Å². The maximum atomic E-state index is 2.43. The summed E-state index contributed by atoms with van der Waals surface area (Å²) in [6.07, 6.45) is 0. The van der Waals surface area contributed by atoms with Gasteiger partial charge in [0.05, 0.1) is 0 Å².